The highest BCUT2D eigenvalue weighted by Gasteiger charge is 2.22. The second-order valence-electron chi connectivity index (χ2n) is 7.59. The number of nitrogens with one attached hydrogen (secondary N) is 2. The van der Waals surface area contributed by atoms with Gasteiger partial charge in [0.15, 0.2) is 0 Å². The van der Waals surface area contributed by atoms with E-state index in [4.69, 9.17) is 0 Å². The van der Waals surface area contributed by atoms with E-state index in [1.807, 2.05) is 12.1 Å². The summed E-state index contributed by atoms with van der Waals surface area (Å²) in [4.78, 5) is 23.2. The molecule has 2 N–H and O–H groups in total. The molecular weight excluding hydrogens is 369 g/mol. The first-order chi connectivity index (χ1) is 14.1. The fraction of sp³-hybridized carbons (Fsp3) is 0.500. The molecule has 1 aliphatic heterocycles. The molecule has 0 saturated carbocycles. The van der Waals surface area contributed by atoms with E-state index in [1.54, 1.807) is 12.4 Å². The Hall–Kier alpha value is -2.70. The van der Waals surface area contributed by atoms with E-state index in [0.29, 0.717) is 18.9 Å². The lowest BCUT2D eigenvalue weighted by Gasteiger charge is -2.33. The topological polar surface area (TPSA) is 70.2 Å². The number of carbonyl (C=O) groups excluding carboxylic acids is 1. The van der Waals surface area contributed by atoms with Crippen LogP contribution in [0.25, 0.3) is 0 Å². The van der Waals surface area contributed by atoms with Crippen LogP contribution in [0.15, 0.2) is 36.7 Å². The van der Waals surface area contributed by atoms with E-state index in [1.165, 1.54) is 12.1 Å². The van der Waals surface area contributed by atoms with Crippen molar-refractivity contribution in [2.75, 3.05) is 29.9 Å². The number of rotatable bonds is 9. The summed E-state index contributed by atoms with van der Waals surface area (Å²) in [6.45, 7) is 5.26. The van der Waals surface area contributed by atoms with Crippen molar-refractivity contribution in [1.82, 2.24) is 15.3 Å². The number of carbonyl (C=O) groups is 1. The Kier molecular flexibility index (Phi) is 7.78. The third-order valence-corrected chi connectivity index (χ3v) is 5.21. The maximum absolute atomic E-state index is 13.2. The summed E-state index contributed by atoms with van der Waals surface area (Å²) in [6.07, 6.45) is 6.21. The number of nitrogens with zero attached hydrogens (tertiary/aromatic N) is 3. The molecule has 7 heteroatoms. The van der Waals surface area contributed by atoms with Crippen LogP contribution in [0.2, 0.25) is 0 Å². The van der Waals surface area contributed by atoms with Gasteiger partial charge in [-0.2, -0.15) is 0 Å². The summed E-state index contributed by atoms with van der Waals surface area (Å²) in [7, 11) is 0. The maximum atomic E-state index is 13.2. The van der Waals surface area contributed by atoms with Gasteiger partial charge in [-0.05, 0) is 49.3 Å². The van der Waals surface area contributed by atoms with Crippen LogP contribution >= 0.6 is 0 Å². The van der Waals surface area contributed by atoms with Crippen molar-refractivity contribution in [3.8, 4) is 0 Å². The van der Waals surface area contributed by atoms with E-state index in [-0.39, 0.29) is 11.7 Å². The molecule has 3 rings (SSSR count). The lowest BCUT2D eigenvalue weighted by Crippen LogP contribution is -2.36. The van der Waals surface area contributed by atoms with Crippen LogP contribution in [0.4, 0.5) is 16.0 Å². The zero-order valence-corrected chi connectivity index (χ0v) is 17.0. The standard InChI is InChI=1S/C22H30FN5O/c1-2-10-24-20-13-21(27-16-26-20)28-11-4-6-17(15-28)8-9-22(29)25-14-18-5-3-7-19(23)12-18/h3,5,7,12-13,16-17H,2,4,6,8-11,14-15H2,1H3,(H,25,29)(H,24,26,27). The number of halogens is 1. The van der Waals surface area contributed by atoms with Gasteiger partial charge in [-0.1, -0.05) is 19.1 Å². The third-order valence-electron chi connectivity index (χ3n) is 5.21. The van der Waals surface area contributed by atoms with E-state index in [9.17, 15) is 9.18 Å². The third kappa shape index (κ3) is 6.69. The van der Waals surface area contributed by atoms with Crippen LogP contribution in [-0.2, 0) is 11.3 Å². The summed E-state index contributed by atoms with van der Waals surface area (Å²) in [6, 6.07) is 8.33. The smallest absolute Gasteiger partial charge is 0.220 e. The maximum Gasteiger partial charge on any atom is 0.220 e. The fourth-order valence-corrected chi connectivity index (χ4v) is 3.65. The first-order valence-electron chi connectivity index (χ1n) is 10.5. The second-order valence-corrected chi connectivity index (χ2v) is 7.59. The van der Waals surface area contributed by atoms with Crippen LogP contribution < -0.4 is 15.5 Å². The van der Waals surface area contributed by atoms with Crippen LogP contribution in [0.5, 0.6) is 0 Å². The van der Waals surface area contributed by atoms with Gasteiger partial charge >= 0.3 is 0 Å². The molecule has 156 valence electrons. The van der Waals surface area contributed by atoms with Crippen molar-refractivity contribution in [2.45, 2.75) is 45.6 Å². The van der Waals surface area contributed by atoms with Crippen molar-refractivity contribution < 1.29 is 9.18 Å². The highest BCUT2D eigenvalue weighted by molar-refractivity contribution is 5.75. The Labute approximate surface area is 171 Å². The first-order valence-corrected chi connectivity index (χ1v) is 10.5. The monoisotopic (exact) mass is 399 g/mol. The van der Waals surface area contributed by atoms with Crippen LogP contribution in [-0.4, -0.2) is 35.5 Å². The van der Waals surface area contributed by atoms with Crippen molar-refractivity contribution in [3.05, 3.63) is 48.0 Å². The Morgan fingerprint density at radius 2 is 2.21 bits per heavy atom. The second kappa shape index (κ2) is 10.7. The minimum atomic E-state index is -0.281. The number of anilines is 2. The van der Waals surface area contributed by atoms with Gasteiger partial charge in [-0.25, -0.2) is 14.4 Å². The Morgan fingerprint density at radius 3 is 3.03 bits per heavy atom. The number of benzene rings is 1. The van der Waals surface area contributed by atoms with Gasteiger partial charge in [0, 0.05) is 38.7 Å². The molecule has 1 aromatic heterocycles. The molecule has 1 aromatic carbocycles. The predicted octanol–water partition coefficient (Wildman–Crippen LogP) is 3.75. The van der Waals surface area contributed by atoms with Crippen molar-refractivity contribution in [1.29, 1.82) is 0 Å². The molecule has 0 aliphatic carbocycles. The quantitative estimate of drug-likeness (QED) is 0.672. The van der Waals surface area contributed by atoms with Gasteiger partial charge in [0.25, 0.3) is 0 Å². The SMILES string of the molecule is CCCNc1cc(N2CCCC(CCC(=O)NCc3cccc(F)c3)C2)ncn1. The number of hydrogen-bond acceptors (Lipinski definition) is 5. The van der Waals surface area contributed by atoms with Crippen molar-refractivity contribution in [3.63, 3.8) is 0 Å². The summed E-state index contributed by atoms with van der Waals surface area (Å²) in [5, 5.41) is 6.19. The van der Waals surface area contributed by atoms with Gasteiger partial charge in [-0.15, -0.1) is 0 Å². The molecule has 2 heterocycles. The molecule has 1 amide bonds. The average Bonchev–Trinajstić information content (AvgIpc) is 2.75. The number of hydrogen-bond donors (Lipinski definition) is 2. The number of piperidine rings is 1. The Balaban J connectivity index is 1.45. The molecule has 1 aliphatic rings. The normalized spacial score (nSPS) is 16.5. The van der Waals surface area contributed by atoms with E-state index >= 15 is 0 Å². The number of aromatic nitrogens is 2. The molecule has 0 spiro atoms. The van der Waals surface area contributed by atoms with Gasteiger partial charge in [-0.3, -0.25) is 4.79 Å². The molecule has 1 saturated heterocycles. The highest BCUT2D eigenvalue weighted by Crippen LogP contribution is 2.25. The zero-order valence-electron chi connectivity index (χ0n) is 17.0. The van der Waals surface area contributed by atoms with Crippen LogP contribution in [0.1, 0.15) is 44.6 Å². The molecule has 1 unspecified atom stereocenters. The van der Waals surface area contributed by atoms with E-state index in [2.05, 4.69) is 32.4 Å². The minimum absolute atomic E-state index is 0.0134. The predicted molar refractivity (Wildman–Crippen MR) is 113 cm³/mol. The molecule has 2 aromatic rings. The Morgan fingerprint density at radius 1 is 1.31 bits per heavy atom. The lowest BCUT2D eigenvalue weighted by atomic mass is 9.93. The van der Waals surface area contributed by atoms with Crippen molar-refractivity contribution in [2.24, 2.45) is 5.92 Å². The van der Waals surface area contributed by atoms with E-state index in [0.717, 1.165) is 62.5 Å². The molecule has 0 radical (unpaired) electrons. The molecule has 1 atom stereocenters. The number of amides is 1. The molecular formula is C22H30FN5O. The largest absolute Gasteiger partial charge is 0.370 e. The fourth-order valence-electron chi connectivity index (χ4n) is 3.65. The van der Waals surface area contributed by atoms with Gasteiger partial charge < -0.3 is 15.5 Å². The zero-order chi connectivity index (χ0) is 20.5. The van der Waals surface area contributed by atoms with E-state index < -0.39 is 0 Å². The van der Waals surface area contributed by atoms with Gasteiger partial charge in [0.2, 0.25) is 5.91 Å². The summed E-state index contributed by atoms with van der Waals surface area (Å²) in [5.74, 6) is 2.00. The van der Waals surface area contributed by atoms with Crippen LogP contribution in [0.3, 0.4) is 0 Å². The highest BCUT2D eigenvalue weighted by atomic mass is 19.1. The minimum Gasteiger partial charge on any atom is -0.370 e. The molecule has 0 bridgehead atoms. The summed E-state index contributed by atoms with van der Waals surface area (Å²) in [5.41, 5.74) is 0.776. The summed E-state index contributed by atoms with van der Waals surface area (Å²) >= 11 is 0. The van der Waals surface area contributed by atoms with Gasteiger partial charge in [0.1, 0.15) is 23.8 Å². The average molecular weight is 400 g/mol. The molecule has 1 fully saturated rings. The lowest BCUT2D eigenvalue weighted by molar-refractivity contribution is -0.121. The molecule has 29 heavy (non-hydrogen) atoms. The van der Waals surface area contributed by atoms with Crippen molar-refractivity contribution >= 4 is 17.5 Å². The van der Waals surface area contributed by atoms with Gasteiger partial charge in [0.05, 0.1) is 0 Å². The Bertz CT molecular complexity index is 800. The van der Waals surface area contributed by atoms with Crippen LogP contribution in [0, 0.1) is 11.7 Å². The first kappa shape index (κ1) is 21.0. The summed E-state index contributed by atoms with van der Waals surface area (Å²) < 4.78 is 13.2. The molecule has 6 nitrogen and oxygen atoms in total.